The number of likely N-dealkylation sites (tertiary alicyclic amines) is 1. The molecule has 0 atom stereocenters. The molecule has 1 saturated heterocycles. The van der Waals surface area contributed by atoms with Gasteiger partial charge in [0.2, 0.25) is 0 Å². The number of aliphatic hydroxyl groups excluding tert-OH is 1. The van der Waals surface area contributed by atoms with Gasteiger partial charge in [-0.05, 0) is 25.9 Å². The molecule has 1 N–H and O–H groups in total. The van der Waals surface area contributed by atoms with Crippen LogP contribution in [0.25, 0.3) is 0 Å². The molecule has 0 bridgehead atoms. The number of rotatable bonds is 4. The third-order valence-electron chi connectivity index (χ3n) is 2.60. The van der Waals surface area contributed by atoms with Gasteiger partial charge in [-0.1, -0.05) is 0 Å². The van der Waals surface area contributed by atoms with E-state index in [-0.39, 0.29) is 6.61 Å². The van der Waals surface area contributed by atoms with E-state index in [9.17, 15) is 0 Å². The van der Waals surface area contributed by atoms with E-state index in [1.54, 1.807) is 0 Å². The Balaban J connectivity index is 1.79. The number of aliphatic hydroxyl groups is 1. The van der Waals surface area contributed by atoms with Gasteiger partial charge in [-0.2, -0.15) is 0 Å². The molecule has 14 heavy (non-hydrogen) atoms. The monoisotopic (exact) mass is 196 g/mol. The highest BCUT2D eigenvalue weighted by Crippen LogP contribution is 2.09. The maximum absolute atomic E-state index is 8.80. The Morgan fingerprint density at radius 3 is 2.86 bits per heavy atom. The fourth-order valence-corrected chi connectivity index (χ4v) is 1.80. The second-order valence-corrected chi connectivity index (χ2v) is 3.69. The van der Waals surface area contributed by atoms with E-state index in [0.29, 0.717) is 5.69 Å². The van der Waals surface area contributed by atoms with Crippen molar-refractivity contribution in [2.45, 2.75) is 25.9 Å². The molecule has 4 nitrogen and oxygen atoms in total. The van der Waals surface area contributed by atoms with E-state index in [0.717, 1.165) is 18.9 Å². The fourth-order valence-electron chi connectivity index (χ4n) is 1.80. The molecule has 78 valence electrons. The molecular formula is C10H16N2O2. The Kier molecular flexibility index (Phi) is 3.16. The van der Waals surface area contributed by atoms with Crippen LogP contribution < -0.4 is 0 Å². The quantitative estimate of drug-likeness (QED) is 0.774. The zero-order valence-electron chi connectivity index (χ0n) is 8.28. The Morgan fingerprint density at radius 2 is 2.21 bits per heavy atom. The van der Waals surface area contributed by atoms with Crippen LogP contribution in [0, 0.1) is 0 Å². The van der Waals surface area contributed by atoms with Crippen molar-refractivity contribution in [2.75, 3.05) is 19.6 Å². The third kappa shape index (κ3) is 2.33. The fraction of sp³-hybridized carbons (Fsp3) is 0.700. The van der Waals surface area contributed by atoms with Crippen LogP contribution in [-0.4, -0.2) is 34.6 Å². The maximum Gasteiger partial charge on any atom is 0.195 e. The van der Waals surface area contributed by atoms with Crippen LogP contribution >= 0.6 is 0 Å². The molecule has 4 heteroatoms. The molecule has 0 unspecified atom stereocenters. The lowest BCUT2D eigenvalue weighted by Gasteiger charge is -2.12. The molecule has 0 amide bonds. The van der Waals surface area contributed by atoms with Crippen LogP contribution in [0.2, 0.25) is 0 Å². The van der Waals surface area contributed by atoms with Crippen molar-refractivity contribution < 1.29 is 9.52 Å². The lowest BCUT2D eigenvalue weighted by molar-refractivity contribution is 0.276. The van der Waals surface area contributed by atoms with Gasteiger partial charge < -0.3 is 14.4 Å². The van der Waals surface area contributed by atoms with E-state index in [2.05, 4.69) is 9.88 Å². The van der Waals surface area contributed by atoms with Gasteiger partial charge in [-0.3, -0.25) is 0 Å². The van der Waals surface area contributed by atoms with Crippen molar-refractivity contribution in [1.29, 1.82) is 0 Å². The largest absolute Gasteiger partial charge is 0.449 e. The van der Waals surface area contributed by atoms with Gasteiger partial charge in [-0.15, -0.1) is 0 Å². The maximum atomic E-state index is 8.80. The zero-order chi connectivity index (χ0) is 9.80. The predicted octanol–water partition coefficient (Wildman–Crippen LogP) is 0.805. The van der Waals surface area contributed by atoms with Crippen molar-refractivity contribution in [1.82, 2.24) is 9.88 Å². The predicted molar refractivity (Wildman–Crippen MR) is 51.8 cm³/mol. The molecule has 2 rings (SSSR count). The van der Waals surface area contributed by atoms with Crippen LogP contribution in [0.5, 0.6) is 0 Å². The van der Waals surface area contributed by atoms with Crippen molar-refractivity contribution >= 4 is 0 Å². The molecule has 0 aromatic carbocycles. The van der Waals surface area contributed by atoms with Crippen molar-refractivity contribution in [3.05, 3.63) is 17.8 Å². The molecule has 1 aliphatic heterocycles. The van der Waals surface area contributed by atoms with Crippen LogP contribution in [0.3, 0.4) is 0 Å². The average Bonchev–Trinajstić information content (AvgIpc) is 2.86. The minimum Gasteiger partial charge on any atom is -0.449 e. The van der Waals surface area contributed by atoms with Gasteiger partial charge in [0.15, 0.2) is 5.89 Å². The van der Waals surface area contributed by atoms with E-state index < -0.39 is 0 Å². The van der Waals surface area contributed by atoms with Crippen molar-refractivity contribution in [2.24, 2.45) is 0 Å². The van der Waals surface area contributed by atoms with Gasteiger partial charge in [0.05, 0.1) is 6.61 Å². The molecule has 1 aliphatic rings. The summed E-state index contributed by atoms with van der Waals surface area (Å²) in [7, 11) is 0. The molecule has 0 saturated carbocycles. The second kappa shape index (κ2) is 4.57. The molecule has 0 aliphatic carbocycles. The van der Waals surface area contributed by atoms with Crippen LogP contribution in [0.15, 0.2) is 10.7 Å². The van der Waals surface area contributed by atoms with Gasteiger partial charge in [0, 0.05) is 13.0 Å². The standard InChI is InChI=1S/C10H16N2O2/c13-7-9-8-14-10(11-9)3-6-12-4-1-2-5-12/h8,13H,1-7H2. The highest BCUT2D eigenvalue weighted by atomic mass is 16.3. The molecular weight excluding hydrogens is 180 g/mol. The number of oxazole rings is 1. The molecule has 1 fully saturated rings. The number of aromatic nitrogens is 1. The lowest BCUT2D eigenvalue weighted by atomic mass is 10.4. The highest BCUT2D eigenvalue weighted by Gasteiger charge is 2.12. The molecule has 0 radical (unpaired) electrons. The third-order valence-corrected chi connectivity index (χ3v) is 2.60. The van der Waals surface area contributed by atoms with Gasteiger partial charge >= 0.3 is 0 Å². The van der Waals surface area contributed by atoms with Crippen LogP contribution in [-0.2, 0) is 13.0 Å². The summed E-state index contributed by atoms with van der Waals surface area (Å²) in [5.41, 5.74) is 0.626. The number of nitrogens with zero attached hydrogens (tertiary/aromatic N) is 2. The molecule has 1 aromatic heterocycles. The first-order valence-corrected chi connectivity index (χ1v) is 5.15. The summed E-state index contributed by atoms with van der Waals surface area (Å²) in [6.07, 6.45) is 5.00. The van der Waals surface area contributed by atoms with Gasteiger partial charge in [-0.25, -0.2) is 4.98 Å². The van der Waals surface area contributed by atoms with E-state index >= 15 is 0 Å². The summed E-state index contributed by atoms with van der Waals surface area (Å²) in [4.78, 5) is 6.57. The minimum absolute atomic E-state index is 0.0345. The molecule has 0 spiro atoms. The van der Waals surface area contributed by atoms with Gasteiger partial charge in [0.25, 0.3) is 0 Å². The van der Waals surface area contributed by atoms with Crippen molar-refractivity contribution in [3.8, 4) is 0 Å². The smallest absolute Gasteiger partial charge is 0.195 e. The summed E-state index contributed by atoms with van der Waals surface area (Å²) in [5.74, 6) is 0.737. The second-order valence-electron chi connectivity index (χ2n) is 3.69. The zero-order valence-corrected chi connectivity index (χ0v) is 8.28. The summed E-state index contributed by atoms with van der Waals surface area (Å²) in [6, 6.07) is 0. The summed E-state index contributed by atoms with van der Waals surface area (Å²) in [5, 5.41) is 8.80. The Labute approximate surface area is 83.5 Å². The van der Waals surface area contributed by atoms with E-state index in [1.165, 1.54) is 32.2 Å². The average molecular weight is 196 g/mol. The Hall–Kier alpha value is -0.870. The first kappa shape index (κ1) is 9.68. The van der Waals surface area contributed by atoms with E-state index in [1.807, 2.05) is 0 Å². The number of hydrogen-bond acceptors (Lipinski definition) is 4. The summed E-state index contributed by atoms with van der Waals surface area (Å²) < 4.78 is 5.22. The first-order valence-electron chi connectivity index (χ1n) is 5.15. The highest BCUT2D eigenvalue weighted by molar-refractivity contribution is 4.94. The summed E-state index contributed by atoms with van der Waals surface area (Å²) >= 11 is 0. The van der Waals surface area contributed by atoms with Crippen LogP contribution in [0.1, 0.15) is 24.4 Å². The van der Waals surface area contributed by atoms with Gasteiger partial charge in [0.1, 0.15) is 12.0 Å². The lowest BCUT2D eigenvalue weighted by Crippen LogP contribution is -2.22. The Morgan fingerprint density at radius 1 is 1.43 bits per heavy atom. The number of hydrogen-bond donors (Lipinski definition) is 1. The van der Waals surface area contributed by atoms with Crippen molar-refractivity contribution in [3.63, 3.8) is 0 Å². The van der Waals surface area contributed by atoms with Crippen LogP contribution in [0.4, 0.5) is 0 Å². The summed E-state index contributed by atoms with van der Waals surface area (Å²) in [6.45, 7) is 3.39. The molecule has 1 aromatic rings. The Bertz CT molecular complexity index is 279. The topological polar surface area (TPSA) is 49.5 Å². The van der Waals surface area contributed by atoms with E-state index in [4.69, 9.17) is 9.52 Å². The normalized spacial score (nSPS) is 17.8. The molecule has 2 heterocycles. The SMILES string of the molecule is OCc1coc(CCN2CCCC2)n1. The minimum atomic E-state index is -0.0345. The first-order chi connectivity index (χ1) is 6.88.